The van der Waals surface area contributed by atoms with Crippen LogP contribution in [0.15, 0.2) is 30.2 Å². The van der Waals surface area contributed by atoms with E-state index in [0.717, 1.165) is 16.5 Å². The molecule has 0 atom stereocenters. The number of hydrogen-bond donors (Lipinski definition) is 2. The van der Waals surface area contributed by atoms with E-state index in [1.807, 2.05) is 0 Å². The van der Waals surface area contributed by atoms with Gasteiger partial charge in [-0.25, -0.2) is 13.2 Å². The van der Waals surface area contributed by atoms with Gasteiger partial charge in [-0.15, -0.1) is 0 Å². The Kier molecular flexibility index (Phi) is 3.48. The molecule has 0 aliphatic carbocycles. The predicted molar refractivity (Wildman–Crippen MR) is 71.3 cm³/mol. The fourth-order valence-electron chi connectivity index (χ4n) is 1.99. The lowest BCUT2D eigenvalue weighted by Crippen LogP contribution is -2.34. The highest BCUT2D eigenvalue weighted by Crippen LogP contribution is 2.23. The van der Waals surface area contributed by atoms with Crippen LogP contribution in [-0.2, 0) is 23.0 Å². The van der Waals surface area contributed by atoms with Crippen molar-refractivity contribution in [3.63, 3.8) is 0 Å². The summed E-state index contributed by atoms with van der Waals surface area (Å²) >= 11 is 0. The van der Waals surface area contributed by atoms with Crippen molar-refractivity contribution in [2.75, 3.05) is 11.3 Å². The first-order chi connectivity index (χ1) is 8.91. The number of rotatable bonds is 3. The molecule has 2 N–H and O–H groups in total. The summed E-state index contributed by atoms with van der Waals surface area (Å²) in [6.07, 6.45) is -0.368. The van der Waals surface area contributed by atoms with Gasteiger partial charge < -0.3 is 10.0 Å². The lowest BCUT2D eigenvalue weighted by molar-refractivity contribution is 0.140. The van der Waals surface area contributed by atoms with Gasteiger partial charge in [-0.2, -0.15) is 0 Å². The molecule has 0 fully saturated rings. The third-order valence-electron chi connectivity index (χ3n) is 2.97. The quantitative estimate of drug-likeness (QED) is 0.881. The van der Waals surface area contributed by atoms with Gasteiger partial charge in [0, 0.05) is 24.2 Å². The van der Waals surface area contributed by atoms with Gasteiger partial charge in [-0.05, 0) is 29.7 Å². The molecule has 0 radical (unpaired) electrons. The van der Waals surface area contributed by atoms with Crippen LogP contribution in [0.4, 0.5) is 10.5 Å². The molecule has 2 rings (SSSR count). The van der Waals surface area contributed by atoms with Crippen LogP contribution in [0.5, 0.6) is 0 Å². The molecule has 0 unspecified atom stereocenters. The highest BCUT2D eigenvalue weighted by atomic mass is 32.2. The average Bonchev–Trinajstić information content (AvgIpc) is 2.37. The van der Waals surface area contributed by atoms with Crippen LogP contribution in [0.2, 0.25) is 0 Å². The second kappa shape index (κ2) is 4.93. The summed E-state index contributed by atoms with van der Waals surface area (Å²) in [5.41, 5.74) is 2.32. The number of fused-ring (bicyclic) bond motifs is 1. The molecular formula is C12H14N2O4S. The Labute approximate surface area is 111 Å². The minimum absolute atomic E-state index is 0.332. The Morgan fingerprint density at radius 1 is 1.42 bits per heavy atom. The van der Waals surface area contributed by atoms with E-state index in [1.54, 1.807) is 18.2 Å². The molecule has 19 heavy (non-hydrogen) atoms. The highest BCUT2D eigenvalue weighted by molar-refractivity contribution is 7.95. The van der Waals surface area contributed by atoms with Crippen LogP contribution >= 0.6 is 0 Å². The summed E-state index contributed by atoms with van der Waals surface area (Å²) in [7, 11) is -3.51. The van der Waals surface area contributed by atoms with Crippen molar-refractivity contribution in [2.24, 2.45) is 0 Å². The van der Waals surface area contributed by atoms with Crippen molar-refractivity contribution in [3.8, 4) is 0 Å². The average molecular weight is 282 g/mol. The molecular weight excluding hydrogens is 268 g/mol. The third-order valence-corrected chi connectivity index (χ3v) is 3.93. The molecule has 0 saturated heterocycles. The summed E-state index contributed by atoms with van der Waals surface area (Å²) < 4.78 is 25.1. The number of nitrogens with one attached hydrogen (secondary N) is 1. The van der Waals surface area contributed by atoms with Crippen molar-refractivity contribution in [2.45, 2.75) is 13.0 Å². The van der Waals surface area contributed by atoms with Gasteiger partial charge in [0.15, 0.2) is 0 Å². The van der Waals surface area contributed by atoms with E-state index in [4.69, 9.17) is 5.11 Å². The lowest BCUT2D eigenvalue weighted by atomic mass is 9.99. The van der Waals surface area contributed by atoms with Gasteiger partial charge in [-0.1, -0.05) is 12.6 Å². The molecule has 0 spiro atoms. The van der Waals surface area contributed by atoms with Crippen LogP contribution < -0.4 is 4.72 Å². The van der Waals surface area contributed by atoms with Crippen LogP contribution in [0.25, 0.3) is 0 Å². The summed E-state index contributed by atoms with van der Waals surface area (Å²) in [5.74, 6) is 0. The molecule has 1 heterocycles. The first-order valence-corrected chi connectivity index (χ1v) is 7.21. The van der Waals surface area contributed by atoms with Crippen molar-refractivity contribution >= 4 is 21.8 Å². The minimum Gasteiger partial charge on any atom is -0.465 e. The number of carbonyl (C=O) groups is 1. The number of sulfonamides is 1. The molecule has 102 valence electrons. The molecule has 7 heteroatoms. The summed E-state index contributed by atoms with van der Waals surface area (Å²) in [6, 6.07) is 5.09. The Morgan fingerprint density at radius 2 is 2.16 bits per heavy atom. The number of amides is 1. The SMILES string of the molecule is C=CS(=O)(=O)Nc1ccc2c(c1)CCN(C(=O)O)C2. The van der Waals surface area contributed by atoms with Crippen LogP contribution in [0.1, 0.15) is 11.1 Å². The van der Waals surface area contributed by atoms with Gasteiger partial charge in [0.25, 0.3) is 10.0 Å². The maximum atomic E-state index is 11.4. The maximum Gasteiger partial charge on any atom is 0.407 e. The van der Waals surface area contributed by atoms with Crippen LogP contribution in [0, 0.1) is 0 Å². The van der Waals surface area contributed by atoms with Crippen molar-refractivity contribution in [3.05, 3.63) is 41.3 Å². The largest absolute Gasteiger partial charge is 0.465 e. The van der Waals surface area contributed by atoms with E-state index in [9.17, 15) is 13.2 Å². The Bertz CT molecular complexity index is 625. The molecule has 1 aromatic rings. The summed E-state index contributed by atoms with van der Waals surface area (Å²) in [5, 5.41) is 9.77. The zero-order valence-electron chi connectivity index (χ0n) is 10.2. The van der Waals surface area contributed by atoms with Gasteiger partial charge in [-0.3, -0.25) is 4.72 Å². The summed E-state index contributed by atoms with van der Waals surface area (Å²) in [4.78, 5) is 12.2. The summed E-state index contributed by atoms with van der Waals surface area (Å²) in [6.45, 7) is 3.97. The monoisotopic (exact) mass is 282 g/mol. The van der Waals surface area contributed by atoms with Crippen LogP contribution in [0.3, 0.4) is 0 Å². The number of hydrogen-bond acceptors (Lipinski definition) is 3. The number of benzene rings is 1. The van der Waals surface area contributed by atoms with E-state index >= 15 is 0 Å². The van der Waals surface area contributed by atoms with Crippen molar-refractivity contribution in [1.82, 2.24) is 4.90 Å². The molecule has 0 aromatic heterocycles. The Balaban J connectivity index is 2.22. The first kappa shape index (κ1) is 13.4. The molecule has 1 amide bonds. The molecule has 1 aromatic carbocycles. The van der Waals surface area contributed by atoms with Gasteiger partial charge in [0.1, 0.15) is 0 Å². The van der Waals surface area contributed by atoms with Gasteiger partial charge >= 0.3 is 6.09 Å². The topological polar surface area (TPSA) is 86.7 Å². The minimum atomic E-state index is -3.51. The molecule has 1 aliphatic rings. The zero-order chi connectivity index (χ0) is 14.0. The highest BCUT2D eigenvalue weighted by Gasteiger charge is 2.20. The normalized spacial score (nSPS) is 14.6. The zero-order valence-corrected chi connectivity index (χ0v) is 11.0. The molecule has 6 nitrogen and oxygen atoms in total. The fraction of sp³-hybridized carbons (Fsp3) is 0.250. The van der Waals surface area contributed by atoms with E-state index in [2.05, 4.69) is 11.3 Å². The smallest absolute Gasteiger partial charge is 0.407 e. The first-order valence-electron chi connectivity index (χ1n) is 5.66. The van der Waals surface area contributed by atoms with Gasteiger partial charge in [0.05, 0.1) is 0 Å². The standard InChI is InChI=1S/C12H14N2O4S/c1-2-19(17,18)13-11-4-3-10-8-14(12(15)16)6-5-9(10)7-11/h2-4,7,13H,1,5-6,8H2,(H,15,16). The molecule has 0 saturated carbocycles. The Morgan fingerprint density at radius 3 is 2.79 bits per heavy atom. The third kappa shape index (κ3) is 3.05. The lowest BCUT2D eigenvalue weighted by Gasteiger charge is -2.26. The fourth-order valence-corrected chi connectivity index (χ4v) is 2.52. The predicted octanol–water partition coefficient (Wildman–Crippen LogP) is 1.61. The number of carboxylic acid groups (broad SMARTS) is 1. The van der Waals surface area contributed by atoms with Gasteiger partial charge in [0.2, 0.25) is 0 Å². The maximum absolute atomic E-state index is 11.4. The van der Waals surface area contributed by atoms with Crippen molar-refractivity contribution in [1.29, 1.82) is 0 Å². The van der Waals surface area contributed by atoms with E-state index in [1.165, 1.54) is 4.90 Å². The molecule has 0 bridgehead atoms. The van der Waals surface area contributed by atoms with Crippen molar-refractivity contribution < 1.29 is 18.3 Å². The number of nitrogens with zero attached hydrogens (tertiary/aromatic N) is 1. The van der Waals surface area contributed by atoms with E-state index in [-0.39, 0.29) is 0 Å². The van der Waals surface area contributed by atoms with E-state index < -0.39 is 16.1 Å². The second-order valence-corrected chi connectivity index (χ2v) is 5.88. The van der Waals surface area contributed by atoms with Crippen LogP contribution in [-0.4, -0.2) is 31.1 Å². The molecule has 1 aliphatic heterocycles. The number of anilines is 1. The second-order valence-electron chi connectivity index (χ2n) is 4.25. The van der Waals surface area contributed by atoms with E-state index in [0.29, 0.717) is 25.2 Å². The Hall–Kier alpha value is -2.02.